The topological polar surface area (TPSA) is 106 Å². The summed E-state index contributed by atoms with van der Waals surface area (Å²) in [5, 5.41) is 0. The third-order valence-corrected chi connectivity index (χ3v) is 10.1. The van der Waals surface area contributed by atoms with Gasteiger partial charge in [-0.1, -0.05) is 24.3 Å². The second-order valence-corrected chi connectivity index (χ2v) is 13.7. The molecule has 35 heavy (non-hydrogen) atoms. The molecule has 0 radical (unpaired) electrons. The van der Waals surface area contributed by atoms with Crippen molar-refractivity contribution in [2.45, 2.75) is 36.1 Å². The number of amides is 1. The molecule has 0 bridgehead atoms. The Bertz CT molecular complexity index is 1560. The number of benzene rings is 2. The third-order valence-electron chi connectivity index (χ3n) is 6.07. The minimum atomic E-state index is -3.61. The number of carbonyl (C=O) groups excluding carboxylic acids is 1. The fourth-order valence-electron chi connectivity index (χ4n) is 3.97. The number of rotatable bonds is 6. The van der Waals surface area contributed by atoms with E-state index in [0.717, 1.165) is 24.6 Å². The molecule has 4 rings (SSSR count). The second kappa shape index (κ2) is 9.81. The Morgan fingerprint density at radius 1 is 1.09 bits per heavy atom. The lowest BCUT2D eigenvalue weighted by atomic mass is 10.0. The molecule has 2 heterocycles. The fraction of sp³-hybridized carbons (Fsp3) is 0.333. The highest BCUT2D eigenvalue weighted by atomic mass is 32.2. The van der Waals surface area contributed by atoms with E-state index < -0.39 is 25.8 Å². The molecule has 2 aromatic carbocycles. The molecular weight excluding hydrogens is 506 g/mol. The average Bonchev–Trinajstić information content (AvgIpc) is 3.15. The maximum Gasteiger partial charge on any atom is 0.279 e. The number of nitrogens with zero attached hydrogens (tertiary/aromatic N) is 3. The minimum Gasteiger partial charge on any atom is -0.312 e. The van der Waals surface area contributed by atoms with Crippen molar-refractivity contribution in [3.63, 3.8) is 0 Å². The van der Waals surface area contributed by atoms with Crippen molar-refractivity contribution in [2.24, 2.45) is 10.9 Å². The van der Waals surface area contributed by atoms with E-state index in [4.69, 9.17) is 0 Å². The number of allylic oxidation sites excluding steroid dienone is 1. The van der Waals surface area contributed by atoms with Gasteiger partial charge in [0.1, 0.15) is 0 Å². The van der Waals surface area contributed by atoms with Crippen molar-refractivity contribution in [1.29, 1.82) is 0 Å². The summed E-state index contributed by atoms with van der Waals surface area (Å²) in [4.78, 5) is 17.9. The van der Waals surface area contributed by atoms with Crippen LogP contribution in [0.2, 0.25) is 0 Å². The second-order valence-electron chi connectivity index (χ2n) is 8.71. The Morgan fingerprint density at radius 2 is 1.71 bits per heavy atom. The molecule has 3 aromatic rings. The first-order valence-electron chi connectivity index (χ1n) is 11.1. The van der Waals surface area contributed by atoms with Crippen LogP contribution in [0.15, 0.2) is 69.9 Å². The van der Waals surface area contributed by atoms with E-state index >= 15 is 0 Å². The van der Waals surface area contributed by atoms with Crippen molar-refractivity contribution in [3.05, 3.63) is 65.5 Å². The summed E-state index contributed by atoms with van der Waals surface area (Å²) in [6.45, 7) is 7.25. The van der Waals surface area contributed by atoms with Crippen LogP contribution in [0.5, 0.6) is 0 Å². The molecule has 0 spiro atoms. The van der Waals surface area contributed by atoms with E-state index in [1.807, 2.05) is 0 Å². The van der Waals surface area contributed by atoms with E-state index in [9.17, 15) is 21.6 Å². The van der Waals surface area contributed by atoms with E-state index in [1.165, 1.54) is 46.0 Å². The van der Waals surface area contributed by atoms with Gasteiger partial charge < -0.3 is 4.57 Å². The average molecular weight is 534 g/mol. The van der Waals surface area contributed by atoms with Gasteiger partial charge in [-0.2, -0.15) is 9.30 Å². The van der Waals surface area contributed by atoms with Crippen molar-refractivity contribution in [2.75, 3.05) is 19.3 Å². The first kappa shape index (κ1) is 25.5. The number of piperidine rings is 1. The van der Waals surface area contributed by atoms with Gasteiger partial charge in [-0.15, -0.1) is 6.58 Å². The largest absolute Gasteiger partial charge is 0.312 e. The monoisotopic (exact) mass is 533 g/mol. The summed E-state index contributed by atoms with van der Waals surface area (Å²) in [6.07, 6.45) is 4.48. The minimum absolute atomic E-state index is 0.153. The van der Waals surface area contributed by atoms with Crippen LogP contribution < -0.4 is 4.80 Å². The van der Waals surface area contributed by atoms with Crippen LogP contribution in [0.25, 0.3) is 10.2 Å². The third kappa shape index (κ3) is 5.32. The Labute approximate surface area is 209 Å². The lowest BCUT2D eigenvalue weighted by Crippen LogP contribution is -2.37. The van der Waals surface area contributed by atoms with Gasteiger partial charge in [-0.05, 0) is 61.2 Å². The Hall–Kier alpha value is -2.60. The normalized spacial score (nSPS) is 16.6. The van der Waals surface area contributed by atoms with Crippen molar-refractivity contribution in [1.82, 2.24) is 8.87 Å². The van der Waals surface area contributed by atoms with Crippen molar-refractivity contribution < 1.29 is 21.6 Å². The Kier molecular flexibility index (Phi) is 7.14. The lowest BCUT2D eigenvalue weighted by Gasteiger charge is -2.29. The maximum atomic E-state index is 12.9. The molecule has 1 aliphatic rings. The first-order chi connectivity index (χ1) is 16.5. The van der Waals surface area contributed by atoms with Crippen LogP contribution in [0, 0.1) is 5.92 Å². The summed E-state index contributed by atoms with van der Waals surface area (Å²) >= 11 is 1.20. The van der Waals surface area contributed by atoms with Crippen LogP contribution in [0.4, 0.5) is 0 Å². The van der Waals surface area contributed by atoms with Gasteiger partial charge in [0.2, 0.25) is 10.0 Å². The molecule has 0 N–H and O–H groups in total. The highest BCUT2D eigenvalue weighted by Gasteiger charge is 2.28. The zero-order chi connectivity index (χ0) is 25.4. The molecule has 0 atom stereocenters. The predicted molar refractivity (Wildman–Crippen MR) is 137 cm³/mol. The zero-order valence-corrected chi connectivity index (χ0v) is 22.0. The quantitative estimate of drug-likeness (QED) is 0.451. The van der Waals surface area contributed by atoms with E-state index in [0.29, 0.717) is 35.1 Å². The molecule has 1 aromatic heterocycles. The first-order valence-corrected chi connectivity index (χ1v) is 15.3. The summed E-state index contributed by atoms with van der Waals surface area (Å²) < 4.78 is 53.7. The summed E-state index contributed by atoms with van der Waals surface area (Å²) in [5.74, 6) is -0.00720. The smallest absolute Gasteiger partial charge is 0.279 e. The number of carbonyl (C=O) groups is 1. The van der Waals surface area contributed by atoms with Crippen LogP contribution in [-0.4, -0.2) is 51.0 Å². The standard InChI is InChI=1S/C24H27N3O5S3/c1-4-13-27-21-10-9-20(34(3,29)30)16-22(21)33-24(27)25-23(28)18-5-7-19(8-6-18)35(31,32)26-14-11-17(2)12-15-26/h4-10,16-17H,1,11-15H2,2-3H3. The number of sulfonamides is 1. The highest BCUT2D eigenvalue weighted by Crippen LogP contribution is 2.24. The van der Waals surface area contributed by atoms with Crippen LogP contribution in [-0.2, 0) is 26.4 Å². The van der Waals surface area contributed by atoms with E-state index in [1.54, 1.807) is 22.8 Å². The van der Waals surface area contributed by atoms with Crippen LogP contribution in [0.1, 0.15) is 30.1 Å². The van der Waals surface area contributed by atoms with Gasteiger partial charge in [0.05, 0.1) is 20.0 Å². The van der Waals surface area contributed by atoms with E-state index in [-0.39, 0.29) is 15.4 Å². The van der Waals surface area contributed by atoms with Crippen molar-refractivity contribution >= 4 is 47.3 Å². The fourth-order valence-corrected chi connectivity index (χ4v) is 7.24. The highest BCUT2D eigenvalue weighted by molar-refractivity contribution is 7.90. The number of thiazole rings is 1. The molecule has 1 aliphatic heterocycles. The number of sulfone groups is 1. The van der Waals surface area contributed by atoms with Gasteiger partial charge >= 0.3 is 0 Å². The molecule has 1 amide bonds. The van der Waals surface area contributed by atoms with Gasteiger partial charge in [-0.3, -0.25) is 4.79 Å². The Morgan fingerprint density at radius 3 is 2.31 bits per heavy atom. The molecule has 1 fully saturated rings. The summed E-state index contributed by atoms with van der Waals surface area (Å²) in [7, 11) is -6.98. The van der Waals surface area contributed by atoms with Gasteiger partial charge in [-0.25, -0.2) is 16.8 Å². The summed E-state index contributed by atoms with van der Waals surface area (Å²) in [6, 6.07) is 10.6. The molecule has 8 nitrogen and oxygen atoms in total. The van der Waals surface area contributed by atoms with Crippen LogP contribution in [0.3, 0.4) is 0 Å². The number of aromatic nitrogens is 1. The lowest BCUT2D eigenvalue weighted by molar-refractivity contribution is 0.0997. The van der Waals surface area contributed by atoms with Gasteiger partial charge in [0, 0.05) is 31.5 Å². The Balaban J connectivity index is 1.66. The van der Waals surface area contributed by atoms with Gasteiger partial charge in [0.25, 0.3) is 5.91 Å². The molecular formula is C24H27N3O5S3. The van der Waals surface area contributed by atoms with E-state index in [2.05, 4.69) is 18.5 Å². The summed E-state index contributed by atoms with van der Waals surface area (Å²) in [5.41, 5.74) is 1.00. The molecule has 0 saturated carbocycles. The molecule has 11 heteroatoms. The molecule has 186 valence electrons. The molecule has 0 aliphatic carbocycles. The number of fused-ring (bicyclic) bond motifs is 1. The van der Waals surface area contributed by atoms with Gasteiger partial charge in [0.15, 0.2) is 14.6 Å². The predicted octanol–water partition coefficient (Wildman–Crippen LogP) is 3.45. The zero-order valence-electron chi connectivity index (χ0n) is 19.5. The molecule has 0 unspecified atom stereocenters. The number of hydrogen-bond acceptors (Lipinski definition) is 6. The van der Waals surface area contributed by atoms with Crippen molar-refractivity contribution in [3.8, 4) is 0 Å². The van der Waals surface area contributed by atoms with Crippen LogP contribution >= 0.6 is 11.3 Å². The molecule has 1 saturated heterocycles. The maximum absolute atomic E-state index is 12.9. The SMILES string of the molecule is C=CCn1c(=NC(=O)c2ccc(S(=O)(=O)N3CCC(C)CC3)cc2)sc2cc(S(C)(=O)=O)ccc21. The number of hydrogen-bond donors (Lipinski definition) is 0.